The molecule has 2 aromatic heterocycles. The summed E-state index contributed by atoms with van der Waals surface area (Å²) >= 11 is 0. The third kappa shape index (κ3) is 3.83. The molecule has 5 heteroatoms. The zero-order valence-electron chi connectivity index (χ0n) is 15.8. The van der Waals surface area contributed by atoms with Gasteiger partial charge in [-0.2, -0.15) is 4.98 Å². The van der Waals surface area contributed by atoms with Crippen molar-refractivity contribution in [3.63, 3.8) is 0 Å². The zero-order chi connectivity index (χ0) is 17.9. The molecule has 1 N–H and O–H groups in total. The van der Waals surface area contributed by atoms with Crippen LogP contribution in [0.15, 0.2) is 28.8 Å². The van der Waals surface area contributed by atoms with Gasteiger partial charge < -0.3 is 14.4 Å². The molecule has 1 saturated carbocycles. The van der Waals surface area contributed by atoms with Gasteiger partial charge in [0.1, 0.15) is 5.69 Å². The number of fused-ring (bicyclic) bond motifs is 1. The Balaban J connectivity index is 1.50. The number of nitrogens with one attached hydrogen (secondary N) is 1. The van der Waals surface area contributed by atoms with E-state index in [1.807, 2.05) is 0 Å². The first-order chi connectivity index (χ1) is 12.7. The van der Waals surface area contributed by atoms with Crippen LogP contribution in [0.3, 0.4) is 0 Å². The maximum absolute atomic E-state index is 5.53. The first-order valence-corrected chi connectivity index (χ1v) is 9.77. The molecule has 4 rings (SSSR count). The number of H-pyrrole nitrogens is 1. The number of aromatic nitrogens is 3. The molecule has 0 bridgehead atoms. The lowest BCUT2D eigenvalue weighted by molar-refractivity contribution is 0.414. The van der Waals surface area contributed by atoms with E-state index in [9.17, 15) is 0 Å². The van der Waals surface area contributed by atoms with Gasteiger partial charge in [0.25, 0.3) is 5.89 Å². The van der Waals surface area contributed by atoms with E-state index >= 15 is 0 Å². The van der Waals surface area contributed by atoms with Gasteiger partial charge in [-0.05, 0) is 50.6 Å². The molecule has 138 valence electrons. The van der Waals surface area contributed by atoms with Gasteiger partial charge in [0.05, 0.1) is 0 Å². The van der Waals surface area contributed by atoms with Crippen LogP contribution in [-0.2, 0) is 12.8 Å². The van der Waals surface area contributed by atoms with Crippen molar-refractivity contribution >= 4 is 10.9 Å². The van der Waals surface area contributed by atoms with E-state index in [2.05, 4.69) is 58.4 Å². The lowest BCUT2D eigenvalue weighted by atomic mass is 10.0. The van der Waals surface area contributed by atoms with Crippen LogP contribution < -0.4 is 0 Å². The standard InChI is InChI=1S/C21H28N4O/c1-25(2)13-12-16-8-5-9-18-17(16)14-19(22-18)21-23-20(24-26-21)11-10-15-6-3-4-7-15/h5,8-9,14-15,22H,3-4,6-7,10-13H2,1-2H3. The van der Waals surface area contributed by atoms with Crippen molar-refractivity contribution in [3.8, 4) is 11.6 Å². The largest absolute Gasteiger partial charge is 0.351 e. The molecule has 0 radical (unpaired) electrons. The minimum absolute atomic E-state index is 0.598. The van der Waals surface area contributed by atoms with Crippen molar-refractivity contribution in [2.75, 3.05) is 20.6 Å². The van der Waals surface area contributed by atoms with Crippen molar-refractivity contribution in [1.29, 1.82) is 0 Å². The van der Waals surface area contributed by atoms with Gasteiger partial charge >= 0.3 is 0 Å². The Morgan fingerprint density at radius 3 is 2.85 bits per heavy atom. The summed E-state index contributed by atoms with van der Waals surface area (Å²) < 4.78 is 5.53. The van der Waals surface area contributed by atoms with Crippen molar-refractivity contribution in [2.24, 2.45) is 5.92 Å². The van der Waals surface area contributed by atoms with Gasteiger partial charge in [0.2, 0.25) is 0 Å². The molecular formula is C21H28N4O. The summed E-state index contributed by atoms with van der Waals surface area (Å²) in [6.45, 7) is 1.03. The Hall–Kier alpha value is -2.14. The van der Waals surface area contributed by atoms with Crippen molar-refractivity contribution < 1.29 is 4.52 Å². The first-order valence-electron chi connectivity index (χ1n) is 9.77. The highest BCUT2D eigenvalue weighted by Gasteiger charge is 2.17. The summed E-state index contributed by atoms with van der Waals surface area (Å²) in [5.41, 5.74) is 3.39. The molecule has 1 aliphatic rings. The van der Waals surface area contributed by atoms with Crippen LogP contribution in [-0.4, -0.2) is 40.7 Å². The molecule has 1 fully saturated rings. The Bertz CT molecular complexity index is 858. The molecule has 1 aliphatic carbocycles. The molecule has 0 amide bonds. The van der Waals surface area contributed by atoms with E-state index in [-0.39, 0.29) is 0 Å². The number of aromatic amines is 1. The quantitative estimate of drug-likeness (QED) is 0.683. The van der Waals surface area contributed by atoms with Crippen LogP contribution in [0.1, 0.15) is 43.5 Å². The minimum atomic E-state index is 0.598. The van der Waals surface area contributed by atoms with Crippen LogP contribution in [0.25, 0.3) is 22.5 Å². The van der Waals surface area contributed by atoms with Gasteiger partial charge in [-0.1, -0.05) is 43.0 Å². The molecule has 3 aromatic rings. The van der Waals surface area contributed by atoms with E-state index in [0.29, 0.717) is 5.89 Å². The van der Waals surface area contributed by atoms with Gasteiger partial charge in [0.15, 0.2) is 5.82 Å². The van der Waals surface area contributed by atoms with Crippen molar-refractivity contribution in [2.45, 2.75) is 44.9 Å². The normalized spacial score (nSPS) is 15.5. The topological polar surface area (TPSA) is 58.0 Å². The van der Waals surface area contributed by atoms with Crippen LogP contribution in [0.2, 0.25) is 0 Å². The van der Waals surface area contributed by atoms with Gasteiger partial charge in [-0.3, -0.25) is 0 Å². The maximum Gasteiger partial charge on any atom is 0.274 e. The summed E-state index contributed by atoms with van der Waals surface area (Å²) in [6.07, 6.45) is 8.62. The molecule has 0 spiro atoms. The van der Waals surface area contributed by atoms with E-state index in [4.69, 9.17) is 4.52 Å². The maximum atomic E-state index is 5.53. The number of nitrogens with zero attached hydrogens (tertiary/aromatic N) is 3. The minimum Gasteiger partial charge on any atom is -0.351 e. The predicted molar refractivity (Wildman–Crippen MR) is 104 cm³/mol. The second-order valence-corrected chi connectivity index (χ2v) is 7.82. The van der Waals surface area contributed by atoms with E-state index in [0.717, 1.165) is 42.3 Å². The summed E-state index contributed by atoms with van der Waals surface area (Å²) in [7, 11) is 4.21. The highest BCUT2D eigenvalue weighted by Crippen LogP contribution is 2.29. The third-order valence-electron chi connectivity index (χ3n) is 5.53. The number of aryl methyl sites for hydroxylation is 1. The fourth-order valence-corrected chi connectivity index (χ4v) is 3.99. The monoisotopic (exact) mass is 352 g/mol. The summed E-state index contributed by atoms with van der Waals surface area (Å²) in [5.74, 6) is 2.28. The van der Waals surface area contributed by atoms with Gasteiger partial charge in [0, 0.05) is 23.9 Å². The Morgan fingerprint density at radius 2 is 2.04 bits per heavy atom. The average Bonchev–Trinajstić information content (AvgIpc) is 3.37. The third-order valence-corrected chi connectivity index (χ3v) is 5.53. The molecule has 26 heavy (non-hydrogen) atoms. The number of likely N-dealkylation sites (N-methyl/N-ethyl adjacent to an activating group) is 1. The number of hydrogen-bond donors (Lipinski definition) is 1. The fourth-order valence-electron chi connectivity index (χ4n) is 3.99. The van der Waals surface area contributed by atoms with E-state index in [1.54, 1.807) is 0 Å². The molecule has 2 heterocycles. The number of benzene rings is 1. The predicted octanol–water partition coefficient (Wildman–Crippen LogP) is 4.44. The van der Waals surface area contributed by atoms with Crippen LogP contribution in [0.5, 0.6) is 0 Å². The Labute approximate surface area is 154 Å². The first kappa shape index (κ1) is 17.3. The van der Waals surface area contributed by atoms with Crippen LogP contribution >= 0.6 is 0 Å². The molecule has 1 aromatic carbocycles. The number of rotatable bonds is 7. The van der Waals surface area contributed by atoms with E-state index < -0.39 is 0 Å². The lowest BCUT2D eigenvalue weighted by Crippen LogP contribution is -2.15. The highest BCUT2D eigenvalue weighted by atomic mass is 16.5. The lowest BCUT2D eigenvalue weighted by Gasteiger charge is -2.09. The SMILES string of the molecule is CN(C)CCc1cccc2[nH]c(-c3nc(CCC4CCCC4)no3)cc12. The van der Waals surface area contributed by atoms with Gasteiger partial charge in [-0.25, -0.2) is 0 Å². The van der Waals surface area contributed by atoms with Crippen LogP contribution in [0, 0.1) is 5.92 Å². The number of hydrogen-bond acceptors (Lipinski definition) is 4. The molecular weight excluding hydrogens is 324 g/mol. The van der Waals surface area contributed by atoms with Crippen molar-refractivity contribution in [1.82, 2.24) is 20.0 Å². The fraction of sp³-hybridized carbons (Fsp3) is 0.524. The molecule has 0 aliphatic heterocycles. The van der Waals surface area contributed by atoms with Gasteiger partial charge in [-0.15, -0.1) is 0 Å². The Morgan fingerprint density at radius 1 is 1.19 bits per heavy atom. The smallest absolute Gasteiger partial charge is 0.274 e. The summed E-state index contributed by atoms with van der Waals surface area (Å²) in [4.78, 5) is 10.3. The van der Waals surface area contributed by atoms with E-state index in [1.165, 1.54) is 43.1 Å². The molecule has 5 nitrogen and oxygen atoms in total. The van der Waals surface area contributed by atoms with Crippen molar-refractivity contribution in [3.05, 3.63) is 35.7 Å². The second kappa shape index (κ2) is 7.62. The zero-order valence-corrected chi connectivity index (χ0v) is 15.8. The molecule has 0 atom stereocenters. The second-order valence-electron chi connectivity index (χ2n) is 7.82. The summed E-state index contributed by atoms with van der Waals surface area (Å²) in [6, 6.07) is 8.56. The summed E-state index contributed by atoms with van der Waals surface area (Å²) in [5, 5.41) is 5.44. The highest BCUT2D eigenvalue weighted by molar-refractivity contribution is 5.87. The Kier molecular flexibility index (Phi) is 5.07. The molecule has 0 unspecified atom stereocenters. The average molecular weight is 352 g/mol. The molecule has 0 saturated heterocycles. The van der Waals surface area contributed by atoms with Crippen LogP contribution in [0.4, 0.5) is 0 Å².